The van der Waals surface area contributed by atoms with Crippen molar-refractivity contribution in [2.45, 2.75) is 24.0 Å². The van der Waals surface area contributed by atoms with Crippen molar-refractivity contribution >= 4 is 39.0 Å². The molecule has 18 heavy (non-hydrogen) atoms. The van der Waals surface area contributed by atoms with Gasteiger partial charge in [-0.3, -0.25) is 0 Å². The molecule has 0 radical (unpaired) electrons. The quantitative estimate of drug-likeness (QED) is 0.842. The first-order valence-corrected chi connectivity index (χ1v) is 8.49. The summed E-state index contributed by atoms with van der Waals surface area (Å²) in [6.07, 6.45) is 0. The van der Waals surface area contributed by atoms with E-state index >= 15 is 0 Å². The molecule has 0 amide bonds. The maximum Gasteiger partial charge on any atom is 0.0701 e. The number of thioether (sulfide) groups is 1. The Kier molecular flexibility index (Phi) is 5.30. The largest absolute Gasteiger partial charge is 0.327 e. The van der Waals surface area contributed by atoms with E-state index in [0.717, 1.165) is 5.75 Å². The molecule has 0 saturated heterocycles. The molecule has 0 aliphatic rings. The van der Waals surface area contributed by atoms with Gasteiger partial charge in [-0.05, 0) is 40.5 Å². The molecular formula is C14H16BrNS2. The monoisotopic (exact) mass is 341 g/mol. The first-order valence-electron chi connectivity index (χ1n) is 5.83. The van der Waals surface area contributed by atoms with Crippen LogP contribution in [0.15, 0.2) is 46.3 Å². The van der Waals surface area contributed by atoms with Crippen molar-refractivity contribution in [1.82, 2.24) is 0 Å². The topological polar surface area (TPSA) is 26.0 Å². The van der Waals surface area contributed by atoms with Gasteiger partial charge < -0.3 is 5.73 Å². The fourth-order valence-electron chi connectivity index (χ4n) is 1.73. The third-order valence-electron chi connectivity index (χ3n) is 2.62. The molecule has 0 aliphatic heterocycles. The summed E-state index contributed by atoms with van der Waals surface area (Å²) in [6, 6.07) is 15.0. The van der Waals surface area contributed by atoms with Gasteiger partial charge in [0, 0.05) is 16.7 Å². The highest BCUT2D eigenvalue weighted by molar-refractivity contribution is 9.11. The van der Waals surface area contributed by atoms with Crippen molar-refractivity contribution in [2.24, 2.45) is 5.73 Å². The van der Waals surface area contributed by atoms with Crippen LogP contribution in [0.25, 0.3) is 0 Å². The van der Waals surface area contributed by atoms with E-state index in [1.807, 2.05) is 17.8 Å². The van der Waals surface area contributed by atoms with Crippen molar-refractivity contribution in [3.63, 3.8) is 0 Å². The van der Waals surface area contributed by atoms with Crippen LogP contribution in [0.2, 0.25) is 0 Å². The zero-order valence-corrected chi connectivity index (χ0v) is 13.4. The van der Waals surface area contributed by atoms with Crippen molar-refractivity contribution in [1.29, 1.82) is 0 Å². The molecule has 2 rings (SSSR count). The Balaban J connectivity index is 2.04. The summed E-state index contributed by atoms with van der Waals surface area (Å²) in [5.74, 6) is 1.00. The van der Waals surface area contributed by atoms with Gasteiger partial charge in [-0.2, -0.15) is 0 Å². The lowest BCUT2D eigenvalue weighted by Gasteiger charge is -2.19. The molecular weight excluding hydrogens is 326 g/mol. The van der Waals surface area contributed by atoms with Gasteiger partial charge in [0.1, 0.15) is 0 Å². The number of thiophene rings is 1. The van der Waals surface area contributed by atoms with Crippen LogP contribution < -0.4 is 5.73 Å². The van der Waals surface area contributed by atoms with Gasteiger partial charge in [0.2, 0.25) is 0 Å². The van der Waals surface area contributed by atoms with Crippen LogP contribution in [-0.2, 0) is 5.75 Å². The van der Waals surface area contributed by atoms with Gasteiger partial charge in [-0.15, -0.1) is 23.1 Å². The van der Waals surface area contributed by atoms with Crippen molar-refractivity contribution in [3.05, 3.63) is 56.7 Å². The van der Waals surface area contributed by atoms with E-state index in [1.54, 1.807) is 11.3 Å². The molecule has 0 aliphatic carbocycles. The normalized spacial score (nSPS) is 14.4. The molecule has 0 fully saturated rings. The minimum Gasteiger partial charge on any atom is -0.327 e. The summed E-state index contributed by atoms with van der Waals surface area (Å²) in [6.45, 7) is 2.08. The van der Waals surface area contributed by atoms with Gasteiger partial charge in [-0.1, -0.05) is 30.3 Å². The molecule has 96 valence electrons. The molecule has 2 aromatic rings. The highest BCUT2D eigenvalue weighted by Crippen LogP contribution is 2.38. The Morgan fingerprint density at radius 3 is 2.50 bits per heavy atom. The van der Waals surface area contributed by atoms with Crippen molar-refractivity contribution in [2.75, 3.05) is 0 Å². The second-order valence-electron chi connectivity index (χ2n) is 4.22. The molecule has 2 atom stereocenters. The minimum absolute atomic E-state index is 0.157. The molecule has 2 unspecified atom stereocenters. The van der Waals surface area contributed by atoms with E-state index < -0.39 is 0 Å². The van der Waals surface area contributed by atoms with E-state index in [-0.39, 0.29) is 6.04 Å². The maximum atomic E-state index is 6.11. The average Bonchev–Trinajstić information content (AvgIpc) is 2.77. The van der Waals surface area contributed by atoms with E-state index in [9.17, 15) is 0 Å². The number of nitrogens with two attached hydrogens (primary N) is 1. The Morgan fingerprint density at radius 1 is 1.22 bits per heavy atom. The third kappa shape index (κ3) is 3.85. The lowest BCUT2D eigenvalue weighted by atomic mass is 10.2. The molecule has 1 heterocycles. The smallest absolute Gasteiger partial charge is 0.0701 e. The first-order chi connectivity index (χ1) is 8.66. The van der Waals surface area contributed by atoms with Gasteiger partial charge in [0.25, 0.3) is 0 Å². The number of halogens is 1. The van der Waals surface area contributed by atoms with Crippen LogP contribution >= 0.6 is 39.0 Å². The zero-order valence-electron chi connectivity index (χ0n) is 10.2. The first kappa shape index (κ1) is 14.1. The summed E-state index contributed by atoms with van der Waals surface area (Å²) < 4.78 is 1.17. The maximum absolute atomic E-state index is 6.11. The lowest BCUT2D eigenvalue weighted by molar-refractivity contribution is 0.730. The predicted molar refractivity (Wildman–Crippen MR) is 86.1 cm³/mol. The Morgan fingerprint density at radius 2 is 1.94 bits per heavy atom. The second-order valence-corrected chi connectivity index (χ2v) is 7.84. The molecule has 1 nitrogen and oxygen atoms in total. The predicted octanol–water partition coefficient (Wildman–Crippen LogP) is 4.83. The molecule has 0 spiro atoms. The Bertz CT molecular complexity index is 482. The number of rotatable bonds is 5. The Hall–Kier alpha value is -0.290. The van der Waals surface area contributed by atoms with Crippen molar-refractivity contribution < 1.29 is 0 Å². The molecule has 1 aromatic carbocycles. The van der Waals surface area contributed by atoms with Crippen molar-refractivity contribution in [3.8, 4) is 0 Å². The number of benzene rings is 1. The summed E-state index contributed by atoms with van der Waals surface area (Å²) in [4.78, 5) is 1.35. The van der Waals surface area contributed by atoms with E-state index in [0.29, 0.717) is 5.25 Å². The summed E-state index contributed by atoms with van der Waals surface area (Å²) in [5.41, 5.74) is 7.46. The molecule has 1 aromatic heterocycles. The zero-order chi connectivity index (χ0) is 13.0. The number of hydrogen-bond donors (Lipinski definition) is 1. The Labute approximate surface area is 125 Å². The van der Waals surface area contributed by atoms with Crippen LogP contribution in [0.4, 0.5) is 0 Å². The van der Waals surface area contributed by atoms with E-state index in [1.165, 1.54) is 14.2 Å². The summed E-state index contributed by atoms with van der Waals surface area (Å²) in [5, 5.41) is 0.363. The fraction of sp³-hybridized carbons (Fsp3) is 0.286. The highest BCUT2D eigenvalue weighted by Gasteiger charge is 2.18. The molecule has 2 N–H and O–H groups in total. The van der Waals surface area contributed by atoms with Gasteiger partial charge in [-0.25, -0.2) is 0 Å². The van der Waals surface area contributed by atoms with Crippen LogP contribution in [-0.4, -0.2) is 6.04 Å². The third-order valence-corrected chi connectivity index (χ3v) is 6.02. The lowest BCUT2D eigenvalue weighted by Crippen LogP contribution is -2.22. The van der Waals surface area contributed by atoms with Gasteiger partial charge >= 0.3 is 0 Å². The highest BCUT2D eigenvalue weighted by atomic mass is 79.9. The van der Waals surface area contributed by atoms with E-state index in [4.69, 9.17) is 5.73 Å². The van der Waals surface area contributed by atoms with Gasteiger partial charge in [0.15, 0.2) is 0 Å². The summed E-state index contributed by atoms with van der Waals surface area (Å²) >= 11 is 7.20. The molecule has 0 bridgehead atoms. The van der Waals surface area contributed by atoms with Crippen LogP contribution in [0.5, 0.6) is 0 Å². The summed E-state index contributed by atoms with van der Waals surface area (Å²) in [7, 11) is 0. The van der Waals surface area contributed by atoms with Gasteiger partial charge in [0.05, 0.1) is 9.04 Å². The van der Waals surface area contributed by atoms with Crippen LogP contribution in [0, 0.1) is 0 Å². The average molecular weight is 342 g/mol. The molecule has 0 saturated carbocycles. The number of hydrogen-bond acceptors (Lipinski definition) is 3. The molecule has 4 heteroatoms. The minimum atomic E-state index is 0.157. The van der Waals surface area contributed by atoms with E-state index in [2.05, 4.69) is 59.3 Å². The van der Waals surface area contributed by atoms with Crippen LogP contribution in [0.1, 0.15) is 22.6 Å². The SMILES string of the molecule is CC(N)C(SCc1ccccc1)c1ccc(Br)s1. The van der Waals surface area contributed by atoms with Crippen LogP contribution in [0.3, 0.4) is 0 Å². The fourth-order valence-corrected chi connectivity index (χ4v) is 4.71. The second kappa shape index (κ2) is 6.75. The standard InChI is InChI=1S/C14H16BrNS2/c1-10(16)14(12-7-8-13(15)18-12)17-9-11-5-3-2-4-6-11/h2-8,10,14H,9,16H2,1H3.